The lowest BCUT2D eigenvalue weighted by molar-refractivity contribution is 0.434. The molecular formula is C16H21FN6. The molecule has 0 saturated carbocycles. The van der Waals surface area contributed by atoms with Crippen molar-refractivity contribution in [2.75, 3.05) is 22.9 Å². The van der Waals surface area contributed by atoms with Crippen molar-refractivity contribution in [1.82, 2.24) is 9.97 Å². The predicted molar refractivity (Wildman–Crippen MR) is 90.3 cm³/mol. The Hall–Kier alpha value is -2.41. The van der Waals surface area contributed by atoms with Crippen LogP contribution in [0.15, 0.2) is 24.3 Å². The van der Waals surface area contributed by atoms with Crippen LogP contribution in [0.3, 0.4) is 0 Å². The molecule has 6 N–H and O–H groups in total. The highest BCUT2D eigenvalue weighted by molar-refractivity contribution is 5.66. The topological polar surface area (TPSA) is 107 Å². The smallest absolute Gasteiger partial charge is 0.222 e. The molecule has 0 amide bonds. The summed E-state index contributed by atoms with van der Waals surface area (Å²) in [6.07, 6.45) is 1.99. The highest BCUT2D eigenvalue weighted by Crippen LogP contribution is 2.28. The minimum atomic E-state index is -0.477. The summed E-state index contributed by atoms with van der Waals surface area (Å²) in [5, 5.41) is 0. The number of nitrogens with two attached hydrogens (primary N) is 3. The average Bonchev–Trinajstić information content (AvgIpc) is 2.51. The highest BCUT2D eigenvalue weighted by Gasteiger charge is 2.25. The quantitative estimate of drug-likeness (QED) is 0.729. The molecule has 1 fully saturated rings. The molecule has 0 unspecified atom stereocenters. The molecule has 122 valence electrons. The van der Waals surface area contributed by atoms with Gasteiger partial charge in [0.05, 0.1) is 11.4 Å². The van der Waals surface area contributed by atoms with Gasteiger partial charge in [0.1, 0.15) is 11.6 Å². The van der Waals surface area contributed by atoms with Crippen LogP contribution in [0, 0.1) is 5.82 Å². The van der Waals surface area contributed by atoms with E-state index in [1.54, 1.807) is 6.07 Å². The lowest BCUT2D eigenvalue weighted by atomic mass is 10.00. The predicted octanol–water partition coefficient (Wildman–Crippen LogP) is 1.76. The number of piperidine rings is 1. The highest BCUT2D eigenvalue weighted by atomic mass is 19.1. The Morgan fingerprint density at radius 3 is 2.70 bits per heavy atom. The van der Waals surface area contributed by atoms with Crippen molar-refractivity contribution in [3.05, 3.63) is 30.1 Å². The monoisotopic (exact) mass is 316 g/mol. The molecular weight excluding hydrogens is 295 g/mol. The first-order chi connectivity index (χ1) is 10.9. The lowest BCUT2D eigenvalue weighted by Gasteiger charge is -2.37. The molecule has 6 nitrogen and oxygen atoms in total. The molecule has 1 aromatic carbocycles. The largest absolute Gasteiger partial charge is 0.396 e. The Bertz CT molecular complexity index is 720. The number of halogens is 1. The third-order valence-corrected chi connectivity index (χ3v) is 4.24. The third kappa shape index (κ3) is 3.19. The maximum Gasteiger partial charge on any atom is 0.222 e. The molecule has 3 rings (SSSR count). The maximum atomic E-state index is 13.7. The van der Waals surface area contributed by atoms with Gasteiger partial charge in [0.2, 0.25) is 5.95 Å². The Morgan fingerprint density at radius 1 is 1.17 bits per heavy atom. The van der Waals surface area contributed by atoms with Crippen molar-refractivity contribution < 1.29 is 4.39 Å². The van der Waals surface area contributed by atoms with E-state index in [1.807, 2.05) is 6.07 Å². The molecule has 1 saturated heterocycles. The van der Waals surface area contributed by atoms with Crippen molar-refractivity contribution in [1.29, 1.82) is 0 Å². The summed E-state index contributed by atoms with van der Waals surface area (Å²) in [5.74, 6) is 0.392. The molecule has 0 radical (unpaired) electrons. The van der Waals surface area contributed by atoms with Gasteiger partial charge >= 0.3 is 0 Å². The van der Waals surface area contributed by atoms with E-state index in [-0.39, 0.29) is 17.7 Å². The normalized spacial score (nSPS) is 21.4. The lowest BCUT2D eigenvalue weighted by Crippen LogP contribution is -2.48. The van der Waals surface area contributed by atoms with Crippen molar-refractivity contribution >= 4 is 17.5 Å². The molecule has 1 aromatic heterocycles. The number of hydrogen-bond donors (Lipinski definition) is 3. The van der Waals surface area contributed by atoms with Crippen molar-refractivity contribution in [2.45, 2.75) is 31.8 Å². The molecule has 2 atom stereocenters. The zero-order chi connectivity index (χ0) is 16.6. The SMILES string of the molecule is C[C@@H]1CC[C@H](N)CN1c1cc(-c2ccc(N)c(F)c2)nc(N)n1. The molecule has 2 heterocycles. The summed E-state index contributed by atoms with van der Waals surface area (Å²) < 4.78 is 13.7. The number of aromatic nitrogens is 2. The van der Waals surface area contributed by atoms with Gasteiger partial charge in [0.15, 0.2) is 0 Å². The van der Waals surface area contributed by atoms with Gasteiger partial charge in [-0.15, -0.1) is 0 Å². The van der Waals surface area contributed by atoms with Crippen molar-refractivity contribution in [3.63, 3.8) is 0 Å². The van der Waals surface area contributed by atoms with Crippen LogP contribution in [0.1, 0.15) is 19.8 Å². The second-order valence-electron chi connectivity index (χ2n) is 6.04. The van der Waals surface area contributed by atoms with Crippen LogP contribution in [-0.4, -0.2) is 28.6 Å². The second kappa shape index (κ2) is 6.00. The summed E-state index contributed by atoms with van der Waals surface area (Å²) in [6, 6.07) is 6.83. The van der Waals surface area contributed by atoms with Crippen LogP contribution < -0.4 is 22.1 Å². The first kappa shape index (κ1) is 15.5. The van der Waals surface area contributed by atoms with E-state index in [0.717, 1.165) is 12.8 Å². The fourth-order valence-electron chi connectivity index (χ4n) is 2.89. The molecule has 0 aliphatic carbocycles. The van der Waals surface area contributed by atoms with Crippen molar-refractivity contribution in [3.8, 4) is 11.3 Å². The van der Waals surface area contributed by atoms with Gasteiger partial charge in [-0.05, 0) is 31.9 Å². The Balaban J connectivity index is 2.00. The number of nitrogens with zero attached hydrogens (tertiary/aromatic N) is 3. The molecule has 7 heteroatoms. The van der Waals surface area contributed by atoms with Crippen LogP contribution in [-0.2, 0) is 0 Å². The van der Waals surface area contributed by atoms with E-state index in [2.05, 4.69) is 21.8 Å². The average molecular weight is 316 g/mol. The van der Waals surface area contributed by atoms with E-state index >= 15 is 0 Å². The Kier molecular flexibility index (Phi) is 4.04. The molecule has 0 bridgehead atoms. The molecule has 0 spiro atoms. The number of anilines is 3. The minimum Gasteiger partial charge on any atom is -0.396 e. The zero-order valence-electron chi connectivity index (χ0n) is 13.0. The van der Waals surface area contributed by atoms with E-state index in [9.17, 15) is 4.39 Å². The summed E-state index contributed by atoms with van der Waals surface area (Å²) in [4.78, 5) is 10.7. The Morgan fingerprint density at radius 2 is 1.96 bits per heavy atom. The van der Waals surface area contributed by atoms with Crippen LogP contribution in [0.2, 0.25) is 0 Å². The van der Waals surface area contributed by atoms with Gasteiger partial charge < -0.3 is 22.1 Å². The van der Waals surface area contributed by atoms with Gasteiger partial charge in [-0.1, -0.05) is 6.07 Å². The van der Waals surface area contributed by atoms with E-state index < -0.39 is 5.82 Å². The van der Waals surface area contributed by atoms with Crippen LogP contribution in [0.5, 0.6) is 0 Å². The fourth-order valence-corrected chi connectivity index (χ4v) is 2.89. The second-order valence-corrected chi connectivity index (χ2v) is 6.04. The summed E-state index contributed by atoms with van der Waals surface area (Å²) >= 11 is 0. The van der Waals surface area contributed by atoms with Gasteiger partial charge in [0.25, 0.3) is 0 Å². The number of rotatable bonds is 2. The summed E-state index contributed by atoms with van der Waals surface area (Å²) in [5.41, 5.74) is 18.7. The first-order valence-corrected chi connectivity index (χ1v) is 7.66. The van der Waals surface area contributed by atoms with Crippen LogP contribution in [0.25, 0.3) is 11.3 Å². The van der Waals surface area contributed by atoms with Crippen molar-refractivity contribution in [2.24, 2.45) is 5.73 Å². The number of benzene rings is 1. The summed E-state index contributed by atoms with van der Waals surface area (Å²) in [7, 11) is 0. The van der Waals surface area contributed by atoms with Gasteiger partial charge in [-0.25, -0.2) is 9.37 Å². The zero-order valence-corrected chi connectivity index (χ0v) is 13.0. The van der Waals surface area contributed by atoms with Gasteiger partial charge in [-0.2, -0.15) is 4.98 Å². The fraction of sp³-hybridized carbons (Fsp3) is 0.375. The molecule has 1 aliphatic heterocycles. The van der Waals surface area contributed by atoms with Gasteiger partial charge in [0, 0.05) is 30.3 Å². The van der Waals surface area contributed by atoms with E-state index in [1.165, 1.54) is 12.1 Å². The minimum absolute atomic E-state index is 0.103. The molecule has 2 aromatic rings. The van der Waals surface area contributed by atoms with Gasteiger partial charge in [-0.3, -0.25) is 0 Å². The van der Waals surface area contributed by atoms with Crippen LogP contribution in [0.4, 0.5) is 21.8 Å². The number of hydrogen-bond acceptors (Lipinski definition) is 6. The van der Waals surface area contributed by atoms with Crippen LogP contribution >= 0.6 is 0 Å². The molecule has 1 aliphatic rings. The molecule has 23 heavy (non-hydrogen) atoms. The van der Waals surface area contributed by atoms with E-state index in [0.29, 0.717) is 29.7 Å². The number of nitrogen functional groups attached to an aromatic ring is 2. The third-order valence-electron chi connectivity index (χ3n) is 4.24. The van der Waals surface area contributed by atoms with E-state index in [4.69, 9.17) is 17.2 Å². The Labute approximate surface area is 134 Å². The summed E-state index contributed by atoms with van der Waals surface area (Å²) in [6.45, 7) is 2.85. The maximum absolute atomic E-state index is 13.7. The standard InChI is InChI=1S/C16H21FN6/c1-9-2-4-11(18)8-23(9)15-7-14(21-16(20)22-15)10-3-5-13(19)12(17)6-10/h3,5-7,9,11H,2,4,8,18-19H2,1H3,(H2,20,21,22)/t9-,11+/m1/s1. The first-order valence-electron chi connectivity index (χ1n) is 7.66.